The summed E-state index contributed by atoms with van der Waals surface area (Å²) in [4.78, 5) is 43.1. The van der Waals surface area contributed by atoms with Gasteiger partial charge >= 0.3 is 6.03 Å². The van der Waals surface area contributed by atoms with Gasteiger partial charge in [0.1, 0.15) is 11.6 Å². The van der Waals surface area contributed by atoms with E-state index in [1.807, 2.05) is 23.1 Å². The molecule has 2 aromatic heterocycles. The Bertz CT molecular complexity index is 1870. The van der Waals surface area contributed by atoms with Crippen molar-refractivity contribution in [2.45, 2.75) is 12.8 Å². The lowest BCUT2D eigenvalue weighted by molar-refractivity contribution is 0.0793. The molecular formula is C35H32FN7O3. The summed E-state index contributed by atoms with van der Waals surface area (Å²) < 4.78 is 20.9. The normalized spacial score (nSPS) is 14.8. The number of carbonyl (C=O) groups excluding carboxylic acids is 2. The van der Waals surface area contributed by atoms with Crippen LogP contribution in [0.25, 0.3) is 33.4 Å². The van der Waals surface area contributed by atoms with E-state index in [2.05, 4.69) is 20.5 Å². The van der Waals surface area contributed by atoms with Gasteiger partial charge in [0.15, 0.2) is 5.82 Å². The minimum absolute atomic E-state index is 0.0159. The number of pyridine rings is 1. The smallest absolute Gasteiger partial charge is 0.323 e. The molecule has 3 aromatic carbocycles. The summed E-state index contributed by atoms with van der Waals surface area (Å²) in [6, 6.07) is 20.6. The fourth-order valence-corrected chi connectivity index (χ4v) is 5.82. The number of morpholine rings is 1. The minimum atomic E-state index is -0.409. The molecule has 0 unspecified atom stereocenters. The predicted molar refractivity (Wildman–Crippen MR) is 175 cm³/mol. The molecule has 2 N–H and O–H groups in total. The Morgan fingerprint density at radius 3 is 2.17 bits per heavy atom. The van der Waals surface area contributed by atoms with Crippen LogP contribution in [-0.4, -0.2) is 71.2 Å². The molecule has 3 amide bonds. The van der Waals surface area contributed by atoms with E-state index >= 15 is 4.39 Å². The molecule has 0 saturated carbocycles. The summed E-state index contributed by atoms with van der Waals surface area (Å²) >= 11 is 0. The monoisotopic (exact) mass is 617 g/mol. The van der Waals surface area contributed by atoms with Crippen molar-refractivity contribution in [3.05, 3.63) is 96.6 Å². The van der Waals surface area contributed by atoms with E-state index in [0.29, 0.717) is 76.9 Å². The largest absolute Gasteiger partial charge is 0.378 e. The number of fused-ring (bicyclic) bond motifs is 1. The molecule has 2 saturated heterocycles. The van der Waals surface area contributed by atoms with E-state index in [0.717, 1.165) is 31.5 Å². The van der Waals surface area contributed by atoms with Gasteiger partial charge in [0.2, 0.25) is 0 Å². The molecule has 0 spiro atoms. The second-order valence-corrected chi connectivity index (χ2v) is 11.3. The molecule has 2 fully saturated rings. The van der Waals surface area contributed by atoms with Crippen molar-refractivity contribution >= 4 is 40.0 Å². The van der Waals surface area contributed by atoms with Crippen LogP contribution in [0.15, 0.2) is 85.2 Å². The molecule has 10 nitrogen and oxygen atoms in total. The Balaban J connectivity index is 1.10. The number of halogens is 1. The first-order chi connectivity index (χ1) is 22.5. The minimum Gasteiger partial charge on any atom is -0.378 e. The lowest BCUT2D eigenvalue weighted by atomic mass is 10.0. The number of ether oxygens (including phenoxy) is 1. The average Bonchev–Trinajstić information content (AvgIpc) is 3.64. The summed E-state index contributed by atoms with van der Waals surface area (Å²) in [5, 5.41) is 6.27. The second kappa shape index (κ2) is 12.9. The number of amides is 3. The number of anilines is 3. The van der Waals surface area contributed by atoms with Crippen molar-refractivity contribution in [3.63, 3.8) is 0 Å². The van der Waals surface area contributed by atoms with Crippen LogP contribution in [0.2, 0.25) is 0 Å². The zero-order chi connectivity index (χ0) is 31.5. The SMILES string of the molecule is O=C(Nc1ccc(C(=O)N2CCCC2)cc1)Nc1ccc(-c2nc(N3CCOCC3)c3cc(F)c(-c4cccnc4)cc3n2)cc1. The van der Waals surface area contributed by atoms with Crippen molar-refractivity contribution < 1.29 is 18.7 Å². The molecule has 0 atom stereocenters. The van der Waals surface area contributed by atoms with E-state index in [9.17, 15) is 9.59 Å². The number of carbonyl (C=O) groups is 2. The summed E-state index contributed by atoms with van der Waals surface area (Å²) in [6.45, 7) is 3.95. The summed E-state index contributed by atoms with van der Waals surface area (Å²) in [6.07, 6.45) is 5.35. The number of urea groups is 1. The highest BCUT2D eigenvalue weighted by molar-refractivity contribution is 6.01. The number of benzene rings is 3. The van der Waals surface area contributed by atoms with Crippen LogP contribution in [-0.2, 0) is 4.74 Å². The van der Waals surface area contributed by atoms with Gasteiger partial charge in [-0.3, -0.25) is 9.78 Å². The molecule has 232 valence electrons. The lowest BCUT2D eigenvalue weighted by Crippen LogP contribution is -2.37. The van der Waals surface area contributed by atoms with Crippen molar-refractivity contribution in [2.24, 2.45) is 0 Å². The highest BCUT2D eigenvalue weighted by atomic mass is 19.1. The summed E-state index contributed by atoms with van der Waals surface area (Å²) in [7, 11) is 0. The van der Waals surface area contributed by atoms with Gasteiger partial charge in [-0.15, -0.1) is 0 Å². The van der Waals surface area contributed by atoms with Gasteiger partial charge in [-0.1, -0.05) is 6.07 Å². The molecule has 0 radical (unpaired) electrons. The Kier molecular flexibility index (Phi) is 8.22. The quantitative estimate of drug-likeness (QED) is 0.233. The molecule has 46 heavy (non-hydrogen) atoms. The van der Waals surface area contributed by atoms with Gasteiger partial charge in [-0.2, -0.15) is 0 Å². The van der Waals surface area contributed by atoms with E-state index < -0.39 is 6.03 Å². The Morgan fingerprint density at radius 2 is 1.50 bits per heavy atom. The molecule has 2 aliphatic rings. The van der Waals surface area contributed by atoms with Crippen LogP contribution in [0, 0.1) is 5.82 Å². The van der Waals surface area contributed by atoms with Crippen molar-refractivity contribution in [3.8, 4) is 22.5 Å². The van der Waals surface area contributed by atoms with Gasteiger partial charge in [0.05, 0.1) is 18.7 Å². The number of hydrogen-bond acceptors (Lipinski definition) is 7. The van der Waals surface area contributed by atoms with Gasteiger partial charge in [0.25, 0.3) is 5.91 Å². The third-order valence-electron chi connectivity index (χ3n) is 8.23. The van der Waals surface area contributed by atoms with E-state index in [1.165, 1.54) is 6.07 Å². The third kappa shape index (κ3) is 6.22. The third-order valence-corrected chi connectivity index (χ3v) is 8.23. The number of rotatable bonds is 6. The van der Waals surface area contributed by atoms with E-state index in [4.69, 9.17) is 14.7 Å². The van der Waals surface area contributed by atoms with Crippen LogP contribution in [0.5, 0.6) is 0 Å². The van der Waals surface area contributed by atoms with Gasteiger partial charge in [0, 0.05) is 77.6 Å². The van der Waals surface area contributed by atoms with Crippen molar-refractivity contribution in [1.29, 1.82) is 0 Å². The molecule has 2 aliphatic heterocycles. The maximum Gasteiger partial charge on any atom is 0.323 e. The Labute approximate surface area is 265 Å². The van der Waals surface area contributed by atoms with Crippen molar-refractivity contribution in [2.75, 3.05) is 54.9 Å². The van der Waals surface area contributed by atoms with Crippen LogP contribution < -0.4 is 15.5 Å². The van der Waals surface area contributed by atoms with Crippen LogP contribution in [0.3, 0.4) is 0 Å². The maximum absolute atomic E-state index is 15.4. The van der Waals surface area contributed by atoms with Gasteiger partial charge in [-0.05, 0) is 79.6 Å². The van der Waals surface area contributed by atoms with Crippen molar-refractivity contribution in [1.82, 2.24) is 19.9 Å². The number of nitrogens with one attached hydrogen (secondary N) is 2. The number of likely N-dealkylation sites (tertiary alicyclic amines) is 1. The maximum atomic E-state index is 15.4. The standard InChI is InChI=1S/C35H32FN7O3/c36-30-20-29-31(21-28(30)25-4-3-13-37-22-25)40-32(41-33(29)42-16-18-46-19-17-42)23-5-9-26(10-6-23)38-35(45)39-27-11-7-24(8-12-27)34(44)43-14-1-2-15-43/h3-13,20-22H,1-2,14-19H2,(H2,38,39,45). The molecule has 5 aromatic rings. The average molecular weight is 618 g/mol. The first kappa shape index (κ1) is 29.3. The Hall–Kier alpha value is -5.42. The Morgan fingerprint density at radius 1 is 0.804 bits per heavy atom. The van der Waals surface area contributed by atoms with E-state index in [-0.39, 0.29) is 11.7 Å². The molecule has 7 rings (SSSR count). The fourth-order valence-electron chi connectivity index (χ4n) is 5.82. The van der Waals surface area contributed by atoms with Crippen LogP contribution >= 0.6 is 0 Å². The highest BCUT2D eigenvalue weighted by Gasteiger charge is 2.21. The molecule has 4 heterocycles. The second-order valence-electron chi connectivity index (χ2n) is 11.3. The summed E-state index contributed by atoms with van der Waals surface area (Å²) in [5.41, 5.74) is 4.20. The molecule has 11 heteroatoms. The zero-order valence-electron chi connectivity index (χ0n) is 25.1. The number of hydrogen-bond donors (Lipinski definition) is 2. The molecule has 0 aliphatic carbocycles. The topological polar surface area (TPSA) is 113 Å². The van der Waals surface area contributed by atoms with Crippen LogP contribution in [0.1, 0.15) is 23.2 Å². The number of nitrogens with zero attached hydrogens (tertiary/aromatic N) is 5. The molecular weight excluding hydrogens is 585 g/mol. The molecule has 0 bridgehead atoms. The number of aromatic nitrogens is 3. The van der Waals surface area contributed by atoms with Gasteiger partial charge < -0.3 is 25.2 Å². The van der Waals surface area contributed by atoms with Crippen LogP contribution in [0.4, 0.5) is 26.4 Å². The first-order valence-corrected chi connectivity index (χ1v) is 15.3. The first-order valence-electron chi connectivity index (χ1n) is 15.3. The predicted octanol–water partition coefficient (Wildman–Crippen LogP) is 6.21. The highest BCUT2D eigenvalue weighted by Crippen LogP contribution is 2.33. The van der Waals surface area contributed by atoms with Gasteiger partial charge in [-0.25, -0.2) is 19.2 Å². The fraction of sp³-hybridized carbons (Fsp3) is 0.229. The van der Waals surface area contributed by atoms with E-state index in [1.54, 1.807) is 60.9 Å². The lowest BCUT2D eigenvalue weighted by Gasteiger charge is -2.29. The zero-order valence-corrected chi connectivity index (χ0v) is 25.1. The summed E-state index contributed by atoms with van der Waals surface area (Å²) in [5.74, 6) is 0.778.